The van der Waals surface area contributed by atoms with Crippen molar-refractivity contribution in [1.29, 1.82) is 0 Å². The van der Waals surface area contributed by atoms with Crippen LogP contribution in [0.2, 0.25) is 0 Å². The minimum Gasteiger partial charge on any atom is -0.481 e. The molecular weight excluding hydrogens is 256 g/mol. The lowest BCUT2D eigenvalue weighted by atomic mass is 10.2. The van der Waals surface area contributed by atoms with Crippen molar-refractivity contribution in [2.75, 3.05) is 0 Å². The fourth-order valence-electron chi connectivity index (χ4n) is 0.934. The summed E-state index contributed by atoms with van der Waals surface area (Å²) in [6.45, 7) is 0. The van der Waals surface area contributed by atoms with Gasteiger partial charge in [0.15, 0.2) is 0 Å². The molecule has 1 rings (SSSR count). The Hall–Kier alpha value is -0.390. The van der Waals surface area contributed by atoms with E-state index >= 15 is 0 Å². The number of halogens is 1. The number of rotatable bonds is 4. The summed E-state index contributed by atoms with van der Waals surface area (Å²) in [7, 11) is 0. The maximum Gasteiger partial charge on any atom is 0.303 e. The van der Waals surface area contributed by atoms with Crippen molar-refractivity contribution in [1.82, 2.24) is 0 Å². The number of carboxylic acid groups (broad SMARTS) is 1. The normalized spacial score (nSPS) is 12.8. The molecule has 1 aromatic heterocycles. The topological polar surface area (TPSA) is 57.5 Å². The fraction of sp³-hybridized carbons (Fsp3) is 0.375. The van der Waals surface area contributed by atoms with Gasteiger partial charge in [-0.1, -0.05) is 0 Å². The van der Waals surface area contributed by atoms with Gasteiger partial charge in [-0.3, -0.25) is 4.79 Å². The molecular formula is C8H9BrO3S. The quantitative estimate of drug-likeness (QED) is 0.878. The van der Waals surface area contributed by atoms with Crippen molar-refractivity contribution in [2.24, 2.45) is 0 Å². The Kier molecular flexibility index (Phi) is 3.90. The molecule has 0 saturated carbocycles. The average molecular weight is 265 g/mol. The monoisotopic (exact) mass is 264 g/mol. The highest BCUT2D eigenvalue weighted by Crippen LogP contribution is 2.31. The summed E-state index contributed by atoms with van der Waals surface area (Å²) in [5.74, 6) is -0.883. The smallest absolute Gasteiger partial charge is 0.303 e. The Morgan fingerprint density at radius 2 is 2.38 bits per heavy atom. The van der Waals surface area contributed by atoms with Gasteiger partial charge in [0.05, 0.1) is 6.10 Å². The van der Waals surface area contributed by atoms with Gasteiger partial charge in [0.25, 0.3) is 0 Å². The number of hydrogen-bond acceptors (Lipinski definition) is 3. The number of carboxylic acids is 1. The molecule has 1 heterocycles. The summed E-state index contributed by atoms with van der Waals surface area (Å²) in [4.78, 5) is 11.0. The van der Waals surface area contributed by atoms with Crippen LogP contribution in [-0.2, 0) is 4.79 Å². The number of aliphatic hydroxyl groups excluding tert-OH is 1. The lowest BCUT2D eigenvalue weighted by Crippen LogP contribution is -2.01. The van der Waals surface area contributed by atoms with Gasteiger partial charge in [-0.05, 0) is 33.8 Å². The van der Waals surface area contributed by atoms with Gasteiger partial charge in [0, 0.05) is 15.8 Å². The third-order valence-corrected chi connectivity index (χ3v) is 3.55. The average Bonchev–Trinajstić information content (AvgIpc) is 2.47. The van der Waals surface area contributed by atoms with E-state index in [9.17, 15) is 9.90 Å². The molecule has 0 aliphatic rings. The minimum atomic E-state index is -0.883. The first-order chi connectivity index (χ1) is 6.11. The molecule has 0 fully saturated rings. The van der Waals surface area contributed by atoms with E-state index in [1.54, 1.807) is 0 Å². The van der Waals surface area contributed by atoms with Gasteiger partial charge in [-0.2, -0.15) is 0 Å². The summed E-state index contributed by atoms with van der Waals surface area (Å²) in [5, 5.41) is 19.8. The molecule has 2 N–H and O–H groups in total. The van der Waals surface area contributed by atoms with E-state index in [-0.39, 0.29) is 12.8 Å². The molecule has 1 aromatic rings. The molecule has 13 heavy (non-hydrogen) atoms. The molecule has 0 radical (unpaired) electrons. The van der Waals surface area contributed by atoms with Crippen LogP contribution in [0.3, 0.4) is 0 Å². The third kappa shape index (κ3) is 3.10. The number of aliphatic carboxylic acids is 1. The van der Waals surface area contributed by atoms with Gasteiger partial charge < -0.3 is 10.2 Å². The molecule has 3 nitrogen and oxygen atoms in total. The summed E-state index contributed by atoms with van der Waals surface area (Å²) < 4.78 is 0.843. The van der Waals surface area contributed by atoms with E-state index in [1.807, 2.05) is 11.4 Å². The van der Waals surface area contributed by atoms with Crippen molar-refractivity contribution in [3.63, 3.8) is 0 Å². The Labute approximate surface area is 88.1 Å². The molecule has 72 valence electrons. The molecule has 0 amide bonds. The summed E-state index contributed by atoms with van der Waals surface area (Å²) >= 11 is 4.70. The first kappa shape index (κ1) is 10.7. The lowest BCUT2D eigenvalue weighted by Gasteiger charge is -2.06. The molecule has 0 saturated heterocycles. The van der Waals surface area contributed by atoms with E-state index in [0.717, 1.165) is 9.35 Å². The van der Waals surface area contributed by atoms with Crippen LogP contribution in [0.15, 0.2) is 15.9 Å². The van der Waals surface area contributed by atoms with Gasteiger partial charge >= 0.3 is 5.97 Å². The number of aliphatic hydroxyl groups is 1. The molecule has 0 bridgehead atoms. The highest BCUT2D eigenvalue weighted by atomic mass is 79.9. The Balaban J connectivity index is 2.53. The van der Waals surface area contributed by atoms with Crippen molar-refractivity contribution in [3.05, 3.63) is 20.8 Å². The molecule has 0 aromatic carbocycles. The van der Waals surface area contributed by atoms with Crippen LogP contribution in [0.4, 0.5) is 0 Å². The van der Waals surface area contributed by atoms with E-state index in [1.165, 1.54) is 11.3 Å². The number of carbonyl (C=O) groups is 1. The number of thiophene rings is 1. The zero-order valence-electron chi connectivity index (χ0n) is 6.74. The second kappa shape index (κ2) is 4.74. The van der Waals surface area contributed by atoms with Crippen LogP contribution in [-0.4, -0.2) is 16.2 Å². The SMILES string of the molecule is O=C(O)CCC(O)c1sccc1Br. The van der Waals surface area contributed by atoms with E-state index in [4.69, 9.17) is 5.11 Å². The van der Waals surface area contributed by atoms with Crippen molar-refractivity contribution in [2.45, 2.75) is 18.9 Å². The molecule has 5 heteroatoms. The highest BCUT2D eigenvalue weighted by molar-refractivity contribution is 9.10. The van der Waals surface area contributed by atoms with Crippen LogP contribution in [0.5, 0.6) is 0 Å². The zero-order valence-corrected chi connectivity index (χ0v) is 9.14. The minimum absolute atomic E-state index is 0.00843. The second-order valence-corrected chi connectivity index (χ2v) is 4.38. The highest BCUT2D eigenvalue weighted by Gasteiger charge is 2.13. The van der Waals surface area contributed by atoms with Gasteiger partial charge in [-0.25, -0.2) is 0 Å². The van der Waals surface area contributed by atoms with Crippen LogP contribution < -0.4 is 0 Å². The first-order valence-electron chi connectivity index (χ1n) is 3.74. The fourth-order valence-corrected chi connectivity index (χ4v) is 2.59. The Morgan fingerprint density at radius 1 is 1.69 bits per heavy atom. The van der Waals surface area contributed by atoms with Crippen molar-refractivity contribution >= 4 is 33.2 Å². The maximum atomic E-state index is 10.2. The Morgan fingerprint density at radius 3 is 2.85 bits per heavy atom. The predicted molar refractivity (Wildman–Crippen MR) is 53.8 cm³/mol. The molecule has 0 aliphatic carbocycles. The zero-order chi connectivity index (χ0) is 9.84. The van der Waals surface area contributed by atoms with Crippen molar-refractivity contribution < 1.29 is 15.0 Å². The molecule has 1 atom stereocenters. The van der Waals surface area contributed by atoms with E-state index in [2.05, 4.69) is 15.9 Å². The van der Waals surface area contributed by atoms with E-state index in [0.29, 0.717) is 0 Å². The lowest BCUT2D eigenvalue weighted by molar-refractivity contribution is -0.137. The standard InChI is InChI=1S/C8H9BrO3S/c9-5-3-4-13-8(5)6(10)1-2-7(11)12/h3-4,6,10H,1-2H2,(H,11,12). The van der Waals surface area contributed by atoms with Gasteiger partial charge in [0.1, 0.15) is 0 Å². The van der Waals surface area contributed by atoms with Gasteiger partial charge in [-0.15, -0.1) is 11.3 Å². The second-order valence-electron chi connectivity index (χ2n) is 2.58. The Bertz CT molecular complexity index is 297. The predicted octanol–water partition coefficient (Wildman–Crippen LogP) is 2.41. The van der Waals surface area contributed by atoms with Gasteiger partial charge in [0.2, 0.25) is 0 Å². The molecule has 0 aliphatic heterocycles. The largest absolute Gasteiger partial charge is 0.481 e. The van der Waals surface area contributed by atoms with Crippen LogP contribution in [0.1, 0.15) is 23.8 Å². The summed E-state index contributed by atoms with van der Waals surface area (Å²) in [5.41, 5.74) is 0. The van der Waals surface area contributed by atoms with Crippen molar-refractivity contribution in [3.8, 4) is 0 Å². The van der Waals surface area contributed by atoms with Crippen LogP contribution in [0.25, 0.3) is 0 Å². The first-order valence-corrected chi connectivity index (χ1v) is 5.41. The summed E-state index contributed by atoms with van der Waals surface area (Å²) in [6, 6.07) is 1.84. The van der Waals surface area contributed by atoms with Crippen LogP contribution >= 0.6 is 27.3 Å². The third-order valence-electron chi connectivity index (χ3n) is 1.58. The number of hydrogen-bond donors (Lipinski definition) is 2. The molecule has 0 spiro atoms. The summed E-state index contributed by atoms with van der Waals surface area (Å²) in [6.07, 6.45) is -0.426. The van der Waals surface area contributed by atoms with E-state index < -0.39 is 12.1 Å². The maximum absolute atomic E-state index is 10.2. The van der Waals surface area contributed by atoms with Crippen LogP contribution in [0, 0.1) is 0 Å². The molecule has 1 unspecified atom stereocenters.